The summed E-state index contributed by atoms with van der Waals surface area (Å²) < 4.78 is 16.5. The van der Waals surface area contributed by atoms with Crippen LogP contribution in [0.2, 0.25) is 5.02 Å². The van der Waals surface area contributed by atoms with E-state index in [1.54, 1.807) is 48.3 Å². The van der Waals surface area contributed by atoms with Gasteiger partial charge in [-0.15, -0.1) is 0 Å². The Morgan fingerprint density at radius 1 is 1.03 bits per heavy atom. The van der Waals surface area contributed by atoms with Crippen LogP contribution in [0.1, 0.15) is 40.3 Å². The topological polar surface area (TPSA) is 72.2 Å². The second-order valence-corrected chi connectivity index (χ2v) is 9.32. The van der Waals surface area contributed by atoms with Crippen LogP contribution in [0.4, 0.5) is 0 Å². The predicted molar refractivity (Wildman–Crippen MR) is 138 cm³/mol. The number of hydrogen-bond acceptors (Lipinski definition) is 5. The van der Waals surface area contributed by atoms with Crippen molar-refractivity contribution in [2.45, 2.75) is 38.8 Å². The average molecular weight is 511 g/mol. The number of aryl methyl sites for hydroxylation is 1. The number of halogens is 1. The fourth-order valence-electron chi connectivity index (χ4n) is 4.14. The fourth-order valence-corrected chi connectivity index (χ4v) is 4.35. The average Bonchev–Trinajstić information content (AvgIpc) is 3.65. The zero-order valence-corrected chi connectivity index (χ0v) is 21.6. The molecule has 1 aromatic heterocycles. The molecule has 0 N–H and O–H groups in total. The lowest BCUT2D eigenvalue weighted by molar-refractivity contribution is -0.132. The molecule has 36 heavy (non-hydrogen) atoms. The highest BCUT2D eigenvalue weighted by Gasteiger charge is 2.36. The molecular weight excluding hydrogens is 480 g/mol. The Labute approximate surface area is 216 Å². The van der Waals surface area contributed by atoms with E-state index in [0.717, 1.165) is 24.2 Å². The Hall–Kier alpha value is -3.45. The van der Waals surface area contributed by atoms with Crippen LogP contribution in [0.25, 0.3) is 0 Å². The Bertz CT molecular complexity index is 1220. The maximum absolute atomic E-state index is 13.6. The highest BCUT2D eigenvalue weighted by atomic mass is 35.5. The molecule has 190 valence electrons. The molecule has 0 bridgehead atoms. The summed E-state index contributed by atoms with van der Waals surface area (Å²) in [5.41, 5.74) is 1.42. The molecule has 1 aliphatic rings. The van der Waals surface area contributed by atoms with Gasteiger partial charge < -0.3 is 23.7 Å². The van der Waals surface area contributed by atoms with Gasteiger partial charge in [0.2, 0.25) is 5.91 Å². The first-order valence-electron chi connectivity index (χ1n) is 12.0. The fraction of sp³-hybridized carbons (Fsp3) is 0.357. The van der Waals surface area contributed by atoms with Gasteiger partial charge in [0, 0.05) is 12.6 Å². The number of carbonyl (C=O) groups excluding carboxylic acids is 2. The Morgan fingerprint density at radius 2 is 1.78 bits per heavy atom. The molecule has 0 aliphatic heterocycles. The van der Waals surface area contributed by atoms with Crippen molar-refractivity contribution in [1.82, 2.24) is 9.80 Å². The summed E-state index contributed by atoms with van der Waals surface area (Å²) in [6, 6.07) is 16.5. The lowest BCUT2D eigenvalue weighted by atomic mass is 10.1. The molecule has 4 rings (SSSR count). The lowest BCUT2D eigenvalue weighted by Crippen LogP contribution is -2.44. The third-order valence-electron chi connectivity index (χ3n) is 6.27. The van der Waals surface area contributed by atoms with E-state index in [-0.39, 0.29) is 24.4 Å². The van der Waals surface area contributed by atoms with Gasteiger partial charge in [-0.3, -0.25) is 9.59 Å². The summed E-state index contributed by atoms with van der Waals surface area (Å²) >= 11 is 6.29. The molecule has 1 saturated carbocycles. The number of benzene rings is 2. The predicted octanol–water partition coefficient (Wildman–Crippen LogP) is 5.13. The summed E-state index contributed by atoms with van der Waals surface area (Å²) in [7, 11) is 3.19. The van der Waals surface area contributed by atoms with Gasteiger partial charge in [-0.2, -0.15) is 0 Å². The second kappa shape index (κ2) is 11.5. The number of nitrogens with zero attached hydrogens (tertiary/aromatic N) is 2. The molecule has 0 radical (unpaired) electrons. The Balaban J connectivity index is 1.51. The largest absolute Gasteiger partial charge is 0.493 e. The number of ether oxygens (including phenoxy) is 2. The van der Waals surface area contributed by atoms with Gasteiger partial charge in [-0.1, -0.05) is 29.8 Å². The number of hydrogen-bond donors (Lipinski definition) is 0. The van der Waals surface area contributed by atoms with E-state index in [4.69, 9.17) is 25.5 Å². The molecule has 1 fully saturated rings. The Morgan fingerprint density at radius 3 is 2.42 bits per heavy atom. The number of carbonyl (C=O) groups is 2. The molecule has 1 heterocycles. The molecule has 0 atom stereocenters. The number of amides is 2. The maximum Gasteiger partial charge on any atom is 0.256 e. The van der Waals surface area contributed by atoms with Crippen molar-refractivity contribution in [1.29, 1.82) is 0 Å². The summed E-state index contributed by atoms with van der Waals surface area (Å²) in [5.74, 6) is 2.41. The lowest BCUT2D eigenvalue weighted by Gasteiger charge is -2.28. The standard InChI is InChI=1S/C28H31ClN2O5/c1-19-8-12-22(36-19)17-30(15-14-20-9-13-25(34-2)26(16-20)35-3)27(32)18-31(21-10-11-21)28(33)23-6-4-5-7-24(23)29/h4-9,12-13,16,21H,10-11,14-15,17-18H2,1-3H3. The zero-order valence-electron chi connectivity index (χ0n) is 20.8. The van der Waals surface area contributed by atoms with Crippen LogP contribution < -0.4 is 9.47 Å². The molecule has 0 saturated heterocycles. The number of furan rings is 1. The molecule has 3 aromatic rings. The highest BCUT2D eigenvalue weighted by Crippen LogP contribution is 2.30. The van der Waals surface area contributed by atoms with Gasteiger partial charge >= 0.3 is 0 Å². The van der Waals surface area contributed by atoms with Gasteiger partial charge in [0.25, 0.3) is 5.91 Å². The van der Waals surface area contributed by atoms with Crippen LogP contribution in [-0.4, -0.2) is 55.0 Å². The molecule has 8 heteroatoms. The van der Waals surface area contributed by atoms with Crippen molar-refractivity contribution < 1.29 is 23.5 Å². The van der Waals surface area contributed by atoms with E-state index >= 15 is 0 Å². The van der Waals surface area contributed by atoms with E-state index in [0.29, 0.717) is 47.4 Å². The first-order chi connectivity index (χ1) is 17.4. The number of methoxy groups -OCH3 is 2. The molecule has 0 unspecified atom stereocenters. The monoisotopic (exact) mass is 510 g/mol. The summed E-state index contributed by atoms with van der Waals surface area (Å²) in [5, 5.41) is 0.386. The Kier molecular flexibility index (Phi) is 8.21. The van der Waals surface area contributed by atoms with Crippen LogP contribution in [0.3, 0.4) is 0 Å². The summed E-state index contributed by atoms with van der Waals surface area (Å²) in [6.07, 6.45) is 2.37. The van der Waals surface area contributed by atoms with Gasteiger partial charge in [0.1, 0.15) is 18.1 Å². The van der Waals surface area contributed by atoms with Crippen molar-refractivity contribution >= 4 is 23.4 Å². The maximum atomic E-state index is 13.6. The SMILES string of the molecule is COc1ccc(CCN(Cc2ccc(C)o2)C(=O)CN(C(=O)c2ccccc2Cl)C2CC2)cc1OC. The van der Waals surface area contributed by atoms with Gasteiger partial charge in [0.15, 0.2) is 11.5 Å². The van der Waals surface area contributed by atoms with E-state index in [9.17, 15) is 9.59 Å². The zero-order chi connectivity index (χ0) is 25.7. The van der Waals surface area contributed by atoms with Crippen molar-refractivity contribution in [2.24, 2.45) is 0 Å². The van der Waals surface area contributed by atoms with E-state index in [2.05, 4.69) is 0 Å². The van der Waals surface area contributed by atoms with Crippen LogP contribution in [0.5, 0.6) is 11.5 Å². The molecule has 0 spiro atoms. The smallest absolute Gasteiger partial charge is 0.256 e. The van der Waals surface area contributed by atoms with Crippen molar-refractivity contribution in [3.05, 3.63) is 82.3 Å². The molecule has 2 aromatic carbocycles. The minimum Gasteiger partial charge on any atom is -0.493 e. The normalized spacial score (nSPS) is 12.8. The minimum atomic E-state index is -0.217. The van der Waals surface area contributed by atoms with Crippen LogP contribution in [0, 0.1) is 6.92 Å². The van der Waals surface area contributed by atoms with E-state index in [1.165, 1.54) is 0 Å². The van der Waals surface area contributed by atoms with Crippen molar-refractivity contribution in [3.63, 3.8) is 0 Å². The third kappa shape index (κ3) is 6.21. The van der Waals surface area contributed by atoms with Gasteiger partial charge in [-0.25, -0.2) is 0 Å². The van der Waals surface area contributed by atoms with E-state index < -0.39 is 0 Å². The van der Waals surface area contributed by atoms with Crippen LogP contribution in [-0.2, 0) is 17.8 Å². The summed E-state index contributed by atoms with van der Waals surface area (Å²) in [6.45, 7) is 2.63. The van der Waals surface area contributed by atoms with Crippen molar-refractivity contribution in [2.75, 3.05) is 27.3 Å². The second-order valence-electron chi connectivity index (χ2n) is 8.91. The van der Waals surface area contributed by atoms with Crippen LogP contribution in [0.15, 0.2) is 59.0 Å². The highest BCUT2D eigenvalue weighted by molar-refractivity contribution is 6.33. The van der Waals surface area contributed by atoms with Gasteiger partial charge in [-0.05, 0) is 68.1 Å². The van der Waals surface area contributed by atoms with Crippen molar-refractivity contribution in [3.8, 4) is 11.5 Å². The molecule has 7 nitrogen and oxygen atoms in total. The molecule has 2 amide bonds. The first-order valence-corrected chi connectivity index (χ1v) is 12.4. The first kappa shape index (κ1) is 25.6. The number of rotatable bonds is 11. The van der Waals surface area contributed by atoms with Gasteiger partial charge in [0.05, 0.1) is 31.4 Å². The summed E-state index contributed by atoms with van der Waals surface area (Å²) in [4.78, 5) is 30.3. The van der Waals surface area contributed by atoms with E-state index in [1.807, 2.05) is 37.3 Å². The quantitative estimate of drug-likeness (QED) is 0.357. The molecular formula is C28H31ClN2O5. The molecule has 1 aliphatic carbocycles. The minimum absolute atomic E-state index is 0.0135. The third-order valence-corrected chi connectivity index (χ3v) is 6.60. The van der Waals surface area contributed by atoms with Crippen LogP contribution >= 0.6 is 11.6 Å².